The Labute approximate surface area is 457 Å². The van der Waals surface area contributed by atoms with Gasteiger partial charge < -0.3 is 42.7 Å². The Morgan fingerprint density at radius 2 is 0.897 bits per heavy atom. The van der Waals surface area contributed by atoms with Crippen molar-refractivity contribution in [3.63, 3.8) is 0 Å². The second-order valence-electron chi connectivity index (χ2n) is 22.2. The molecule has 6 aromatic carbocycles. The zero-order chi connectivity index (χ0) is 54.6. The quantitative estimate of drug-likeness (QED) is 0.165. The summed E-state index contributed by atoms with van der Waals surface area (Å²) >= 11 is 0. The third-order valence-electron chi connectivity index (χ3n) is 16.4. The number of hydrogen-bond acceptors (Lipinski definition) is 11. The van der Waals surface area contributed by atoms with Gasteiger partial charge in [-0.15, -0.1) is 0 Å². The van der Waals surface area contributed by atoms with E-state index < -0.39 is 0 Å². The van der Waals surface area contributed by atoms with Gasteiger partial charge in [-0.3, -0.25) is 0 Å². The van der Waals surface area contributed by atoms with E-state index in [-0.39, 0.29) is 18.5 Å². The summed E-state index contributed by atoms with van der Waals surface area (Å²) in [5.41, 5.74) is 20.4. The van der Waals surface area contributed by atoms with Crippen molar-refractivity contribution in [2.24, 2.45) is 0 Å². The summed E-state index contributed by atoms with van der Waals surface area (Å²) in [6.45, 7) is 28.2. The Bertz CT molecular complexity index is 4160. The number of aromatic nitrogens is 2. The SMILES string of the molecule is Cc1ccc2c(c1)oc1c(N3c4ccccc4N(C)C3C)c(C)ccc12.Cc1ccc2c(n1)oc1c(N3C=CN(C(C)C)C3C)c(C)ccc12.Cc1ccc2c(n1)oc1c(N3c4ccccc4N(C(C)C)C3C)c(C)ccc12. The van der Waals surface area contributed by atoms with Crippen molar-refractivity contribution >= 4 is 106 Å². The Hall–Kier alpha value is -8.44. The van der Waals surface area contributed by atoms with Crippen LogP contribution in [0.3, 0.4) is 0 Å². The Morgan fingerprint density at radius 3 is 1.45 bits per heavy atom. The molecule has 14 rings (SSSR count). The number of pyridine rings is 2. The fraction of sp³-hybridized carbons (Fsp3) is 0.284. The zero-order valence-electron chi connectivity index (χ0n) is 47.5. The normalized spacial score (nSPS) is 17.0. The second kappa shape index (κ2) is 19.2. The number of aryl methyl sites for hydroxylation is 6. The molecule has 396 valence electrons. The van der Waals surface area contributed by atoms with Gasteiger partial charge in [0.25, 0.3) is 0 Å². The molecule has 0 saturated carbocycles. The lowest BCUT2D eigenvalue weighted by molar-refractivity contribution is 0.263. The maximum atomic E-state index is 6.40. The summed E-state index contributed by atoms with van der Waals surface area (Å²) in [6, 6.07) is 45.9. The first-order chi connectivity index (χ1) is 37.5. The van der Waals surface area contributed by atoms with Crippen molar-refractivity contribution in [2.75, 3.05) is 31.5 Å². The van der Waals surface area contributed by atoms with Gasteiger partial charge in [0, 0.05) is 75.2 Å². The molecule has 0 radical (unpaired) electrons. The minimum absolute atomic E-state index is 0.199. The maximum absolute atomic E-state index is 6.40. The third kappa shape index (κ3) is 8.07. The van der Waals surface area contributed by atoms with Gasteiger partial charge in [0.1, 0.15) is 24.1 Å². The maximum Gasteiger partial charge on any atom is 0.227 e. The number of para-hydroxylation sites is 4. The minimum Gasteiger partial charge on any atom is -0.454 e. The molecule has 78 heavy (non-hydrogen) atoms. The number of nitrogens with zero attached hydrogens (tertiary/aromatic N) is 8. The lowest BCUT2D eigenvalue weighted by Crippen LogP contribution is -2.42. The summed E-state index contributed by atoms with van der Waals surface area (Å²) in [5.74, 6) is 0. The molecule has 3 aliphatic rings. The van der Waals surface area contributed by atoms with E-state index in [0.717, 1.165) is 66.6 Å². The van der Waals surface area contributed by atoms with Crippen LogP contribution in [0.2, 0.25) is 0 Å². The number of benzene rings is 6. The lowest BCUT2D eigenvalue weighted by Gasteiger charge is -2.33. The third-order valence-corrected chi connectivity index (χ3v) is 16.4. The molecule has 3 unspecified atom stereocenters. The molecule has 11 heteroatoms. The summed E-state index contributed by atoms with van der Waals surface area (Å²) < 4.78 is 18.9. The average molecular weight is 1040 g/mol. The average Bonchev–Trinajstić information content (AvgIpc) is 4.36. The molecule has 0 aliphatic carbocycles. The van der Waals surface area contributed by atoms with E-state index >= 15 is 0 Å². The van der Waals surface area contributed by atoms with Crippen LogP contribution < -0.4 is 24.5 Å². The Kier molecular flexibility index (Phi) is 12.4. The van der Waals surface area contributed by atoms with Gasteiger partial charge in [0.2, 0.25) is 11.4 Å². The van der Waals surface area contributed by atoms with E-state index in [4.69, 9.17) is 13.3 Å². The van der Waals surface area contributed by atoms with Gasteiger partial charge in [-0.2, -0.15) is 0 Å². The summed E-state index contributed by atoms with van der Waals surface area (Å²) in [4.78, 5) is 23.4. The van der Waals surface area contributed by atoms with E-state index in [0.29, 0.717) is 23.5 Å². The van der Waals surface area contributed by atoms with Crippen LogP contribution in [0, 0.1) is 41.5 Å². The van der Waals surface area contributed by atoms with Gasteiger partial charge in [-0.25, -0.2) is 9.97 Å². The van der Waals surface area contributed by atoms with Crippen LogP contribution in [0.4, 0.5) is 39.8 Å². The first-order valence-electron chi connectivity index (χ1n) is 27.5. The smallest absolute Gasteiger partial charge is 0.227 e. The first-order valence-corrected chi connectivity index (χ1v) is 27.5. The minimum atomic E-state index is 0.199. The number of fused-ring (bicyclic) bond motifs is 11. The highest BCUT2D eigenvalue weighted by Crippen LogP contribution is 2.51. The standard InChI is InChI=1S/C24H25N3O.C23H22N2O.C20H23N3O/c1-14(2)26-17(5)27(21-9-7-6-8-20(21)26)22-15(3)10-12-18-19-13-11-16(4)25-24(19)28-23(18)22;1-14-9-11-17-18-12-10-15(2)22(23(18)26-21(17)13-14)25-16(3)24(4)19-7-5-6-8-20(19)25;1-12(2)22-10-11-23(15(22)5)18-13(3)6-8-16-17-9-7-14(4)21-20(17)24-19(16)18/h6-14,17H,1-5H3;5-13,16H,1-4H3;6-12,15H,1-5H3. The van der Waals surface area contributed by atoms with Gasteiger partial charge in [-0.1, -0.05) is 72.8 Å². The fourth-order valence-corrected chi connectivity index (χ4v) is 12.4. The van der Waals surface area contributed by atoms with Crippen LogP contribution in [-0.4, -0.2) is 52.5 Å². The zero-order valence-corrected chi connectivity index (χ0v) is 47.5. The van der Waals surface area contributed by atoms with Crippen molar-refractivity contribution in [3.05, 3.63) is 173 Å². The molecule has 3 aliphatic heterocycles. The van der Waals surface area contributed by atoms with Crippen molar-refractivity contribution in [2.45, 2.75) is 121 Å². The van der Waals surface area contributed by atoms with Gasteiger partial charge >= 0.3 is 0 Å². The van der Waals surface area contributed by atoms with E-state index in [1.807, 2.05) is 26.0 Å². The van der Waals surface area contributed by atoms with Gasteiger partial charge in [0.05, 0.1) is 39.8 Å². The number of hydrogen-bond donors (Lipinski definition) is 0. The summed E-state index contributed by atoms with van der Waals surface area (Å²) in [6.07, 6.45) is 5.00. The van der Waals surface area contributed by atoms with Crippen molar-refractivity contribution in [1.29, 1.82) is 0 Å². The summed E-state index contributed by atoms with van der Waals surface area (Å²) in [5, 5.41) is 6.76. The molecule has 0 amide bonds. The Morgan fingerprint density at radius 1 is 0.436 bits per heavy atom. The number of furan rings is 3. The highest BCUT2D eigenvalue weighted by Gasteiger charge is 2.38. The van der Waals surface area contributed by atoms with Gasteiger partial charge in [-0.05, 0) is 167 Å². The molecule has 0 bridgehead atoms. The van der Waals surface area contributed by atoms with Crippen molar-refractivity contribution < 1.29 is 13.3 Å². The molecular weight excluding hydrogens is 965 g/mol. The lowest BCUT2D eigenvalue weighted by atomic mass is 10.1. The molecule has 5 aromatic heterocycles. The van der Waals surface area contributed by atoms with Crippen LogP contribution in [0.25, 0.3) is 66.1 Å². The predicted molar refractivity (Wildman–Crippen MR) is 325 cm³/mol. The van der Waals surface area contributed by atoms with Gasteiger partial charge in [0.15, 0.2) is 16.7 Å². The van der Waals surface area contributed by atoms with E-state index in [2.05, 4.69) is 250 Å². The molecule has 11 aromatic rings. The van der Waals surface area contributed by atoms with Crippen molar-refractivity contribution in [1.82, 2.24) is 14.9 Å². The van der Waals surface area contributed by atoms with E-state index in [9.17, 15) is 0 Å². The molecule has 8 heterocycles. The molecule has 0 saturated heterocycles. The van der Waals surface area contributed by atoms with Crippen LogP contribution in [0.5, 0.6) is 0 Å². The molecule has 0 spiro atoms. The van der Waals surface area contributed by atoms with E-state index in [1.54, 1.807) is 0 Å². The molecule has 0 N–H and O–H groups in total. The highest BCUT2D eigenvalue weighted by atomic mass is 16.3. The number of rotatable bonds is 5. The fourth-order valence-electron chi connectivity index (χ4n) is 12.4. The second-order valence-corrected chi connectivity index (χ2v) is 22.2. The monoisotopic (exact) mass is 1030 g/mol. The van der Waals surface area contributed by atoms with Crippen LogP contribution in [-0.2, 0) is 0 Å². The van der Waals surface area contributed by atoms with Crippen molar-refractivity contribution in [3.8, 4) is 0 Å². The predicted octanol–water partition coefficient (Wildman–Crippen LogP) is 17.4. The highest BCUT2D eigenvalue weighted by molar-refractivity contribution is 6.12. The topological polar surface area (TPSA) is 84.6 Å². The Balaban J connectivity index is 0.000000118. The summed E-state index contributed by atoms with van der Waals surface area (Å²) in [7, 11) is 2.15. The first kappa shape index (κ1) is 50.4. The van der Waals surface area contributed by atoms with Crippen LogP contribution in [0.1, 0.15) is 82.1 Å². The molecule has 11 nitrogen and oxygen atoms in total. The largest absolute Gasteiger partial charge is 0.454 e. The van der Waals surface area contributed by atoms with Crippen LogP contribution >= 0.6 is 0 Å². The van der Waals surface area contributed by atoms with Crippen LogP contribution in [0.15, 0.2) is 153 Å². The molecule has 0 fully saturated rings. The molecular formula is C67H70N8O3. The van der Waals surface area contributed by atoms with E-state index in [1.165, 1.54) is 61.5 Å². The number of anilines is 7. The molecule has 3 atom stereocenters.